The third kappa shape index (κ3) is 5.66. The van der Waals surface area contributed by atoms with Gasteiger partial charge in [-0.15, -0.1) is 0 Å². The van der Waals surface area contributed by atoms with Crippen LogP contribution in [0.2, 0.25) is 0 Å². The number of ether oxygens (including phenoxy) is 1. The third-order valence-electron chi connectivity index (χ3n) is 2.63. The van der Waals surface area contributed by atoms with Crippen LogP contribution in [0.25, 0.3) is 0 Å². The molecule has 2 atom stereocenters. The van der Waals surface area contributed by atoms with Crippen molar-refractivity contribution >= 4 is 17.2 Å². The molecule has 1 aromatic carbocycles. The van der Waals surface area contributed by atoms with Gasteiger partial charge in [0.2, 0.25) is 0 Å². The molecule has 7 heteroatoms. The molecule has 6 nitrogen and oxygen atoms in total. The van der Waals surface area contributed by atoms with E-state index in [1.807, 2.05) is 13.0 Å². The molecular formula is C14H19N2O4S-. The molecule has 0 spiro atoms. The van der Waals surface area contributed by atoms with Crippen LogP contribution in [0.1, 0.15) is 25.5 Å². The lowest BCUT2D eigenvalue weighted by Crippen LogP contribution is -2.30. The van der Waals surface area contributed by atoms with Gasteiger partial charge >= 0.3 is 5.97 Å². The molecular weight excluding hydrogens is 292 g/mol. The van der Waals surface area contributed by atoms with Crippen molar-refractivity contribution in [3.8, 4) is 0 Å². The second-order valence-corrected chi connectivity index (χ2v) is 4.78. The van der Waals surface area contributed by atoms with Crippen LogP contribution in [0.15, 0.2) is 42.1 Å². The molecule has 0 radical (unpaired) electrons. The highest BCUT2D eigenvalue weighted by atomic mass is 32.2. The van der Waals surface area contributed by atoms with Crippen LogP contribution in [-0.2, 0) is 20.8 Å². The monoisotopic (exact) mass is 311 g/mol. The van der Waals surface area contributed by atoms with Crippen molar-refractivity contribution in [2.45, 2.75) is 19.9 Å². The van der Waals surface area contributed by atoms with E-state index in [1.165, 1.54) is 6.20 Å². The van der Waals surface area contributed by atoms with Crippen LogP contribution >= 0.6 is 0 Å². The van der Waals surface area contributed by atoms with Gasteiger partial charge in [-0.1, -0.05) is 30.3 Å². The van der Waals surface area contributed by atoms with Crippen LogP contribution in [0.5, 0.6) is 0 Å². The fourth-order valence-corrected chi connectivity index (χ4v) is 2.19. The zero-order valence-electron chi connectivity index (χ0n) is 12.0. The minimum absolute atomic E-state index is 0.203. The molecule has 0 aliphatic carbocycles. The number of carbonyl (C=O) groups is 1. The topological polar surface area (TPSA) is 90.5 Å². The minimum Gasteiger partial charge on any atom is -0.760 e. The number of carbonyl (C=O) groups excluding carboxylic acids is 1. The van der Waals surface area contributed by atoms with E-state index in [9.17, 15) is 13.6 Å². The first-order valence-electron chi connectivity index (χ1n) is 6.61. The van der Waals surface area contributed by atoms with Gasteiger partial charge in [0.25, 0.3) is 0 Å². The fourth-order valence-electron chi connectivity index (χ4n) is 1.74. The third-order valence-corrected chi connectivity index (χ3v) is 3.06. The van der Waals surface area contributed by atoms with Crippen LogP contribution in [0, 0.1) is 0 Å². The van der Waals surface area contributed by atoms with E-state index in [-0.39, 0.29) is 12.2 Å². The molecule has 0 saturated heterocycles. The van der Waals surface area contributed by atoms with Gasteiger partial charge in [0.05, 0.1) is 18.2 Å². The summed E-state index contributed by atoms with van der Waals surface area (Å²) in [5.74, 6) is -0.565. The predicted molar refractivity (Wildman–Crippen MR) is 79.6 cm³/mol. The molecule has 21 heavy (non-hydrogen) atoms. The summed E-state index contributed by atoms with van der Waals surface area (Å²) in [7, 11) is 0. The molecule has 0 aromatic heterocycles. The molecule has 1 aromatic rings. The number of benzene rings is 1. The Kier molecular flexibility index (Phi) is 7.66. The standard InChI is InChI=1S/C14H20N2O4S/c1-3-15-10-12(14(17)20-4-2)13(16-21(18)19)11-8-6-5-7-9-11/h5-10,13,15-16H,3-4H2,1-2H3,(H,18,19)/p-1/b12-10+. The maximum absolute atomic E-state index is 12.1. The molecule has 0 fully saturated rings. The van der Waals surface area contributed by atoms with Gasteiger partial charge in [0, 0.05) is 24.0 Å². The fraction of sp³-hybridized carbons (Fsp3) is 0.357. The van der Waals surface area contributed by atoms with E-state index in [2.05, 4.69) is 10.0 Å². The number of nitrogens with one attached hydrogen (secondary N) is 2. The van der Waals surface area contributed by atoms with Gasteiger partial charge in [-0.2, -0.15) is 0 Å². The smallest absolute Gasteiger partial charge is 0.337 e. The lowest BCUT2D eigenvalue weighted by molar-refractivity contribution is -0.138. The summed E-state index contributed by atoms with van der Waals surface area (Å²) in [6.07, 6.45) is 1.48. The number of hydrogen-bond acceptors (Lipinski definition) is 5. The Morgan fingerprint density at radius 3 is 2.57 bits per heavy atom. The molecule has 1 rings (SSSR count). The van der Waals surface area contributed by atoms with Gasteiger partial charge in [-0.05, 0) is 19.4 Å². The molecule has 0 heterocycles. The number of rotatable bonds is 8. The number of hydrogen-bond donors (Lipinski definition) is 2. The molecule has 116 valence electrons. The van der Waals surface area contributed by atoms with E-state index < -0.39 is 23.3 Å². The summed E-state index contributed by atoms with van der Waals surface area (Å²) < 4.78 is 29.4. The molecule has 0 saturated carbocycles. The minimum atomic E-state index is -2.52. The molecule has 0 aliphatic rings. The predicted octanol–water partition coefficient (Wildman–Crippen LogP) is 1.17. The van der Waals surface area contributed by atoms with Gasteiger partial charge < -0.3 is 14.6 Å². The first kappa shape index (κ1) is 17.4. The Balaban J connectivity index is 3.17. The Morgan fingerprint density at radius 1 is 1.38 bits per heavy atom. The van der Waals surface area contributed by atoms with E-state index in [0.29, 0.717) is 12.1 Å². The van der Waals surface area contributed by atoms with Crippen molar-refractivity contribution in [2.24, 2.45) is 0 Å². The zero-order chi connectivity index (χ0) is 15.7. The average molecular weight is 311 g/mol. The second-order valence-electron chi connectivity index (χ2n) is 4.07. The Hall–Kier alpha value is -1.70. The lowest BCUT2D eigenvalue weighted by Gasteiger charge is -2.22. The summed E-state index contributed by atoms with van der Waals surface area (Å²) >= 11 is -2.52. The highest BCUT2D eigenvalue weighted by Crippen LogP contribution is 2.22. The number of esters is 1. The van der Waals surface area contributed by atoms with Gasteiger partial charge in [-0.25, -0.2) is 9.52 Å². The summed E-state index contributed by atoms with van der Waals surface area (Å²) in [5.41, 5.74) is 0.855. The van der Waals surface area contributed by atoms with Gasteiger partial charge in [-0.3, -0.25) is 4.21 Å². The maximum atomic E-state index is 12.1. The normalized spacial score (nSPS) is 14.3. The van der Waals surface area contributed by atoms with Crippen molar-refractivity contribution in [3.05, 3.63) is 47.7 Å². The lowest BCUT2D eigenvalue weighted by atomic mass is 10.0. The van der Waals surface area contributed by atoms with Crippen molar-refractivity contribution in [1.82, 2.24) is 10.0 Å². The van der Waals surface area contributed by atoms with Crippen LogP contribution in [-0.4, -0.2) is 27.9 Å². The quantitative estimate of drug-likeness (QED) is 0.427. The summed E-state index contributed by atoms with van der Waals surface area (Å²) in [6, 6.07) is 8.03. The van der Waals surface area contributed by atoms with Gasteiger partial charge in [0.1, 0.15) is 0 Å². The van der Waals surface area contributed by atoms with E-state index in [4.69, 9.17) is 4.74 Å². The van der Waals surface area contributed by atoms with E-state index in [1.54, 1.807) is 31.2 Å². The average Bonchev–Trinajstić information content (AvgIpc) is 2.47. The van der Waals surface area contributed by atoms with Crippen molar-refractivity contribution in [3.63, 3.8) is 0 Å². The Morgan fingerprint density at radius 2 is 2.05 bits per heavy atom. The SMILES string of the molecule is CCN/C=C(/C(=O)OCC)C(NS(=O)[O-])c1ccccc1. The molecule has 0 amide bonds. The summed E-state index contributed by atoms with van der Waals surface area (Å²) in [4.78, 5) is 12.1. The maximum Gasteiger partial charge on any atom is 0.337 e. The first-order valence-corrected chi connectivity index (χ1v) is 7.68. The summed E-state index contributed by atoms with van der Waals surface area (Å²) in [6.45, 7) is 4.38. The zero-order valence-corrected chi connectivity index (χ0v) is 12.8. The Labute approximate surface area is 127 Å². The Bertz CT molecular complexity index is 505. The highest BCUT2D eigenvalue weighted by Gasteiger charge is 2.23. The largest absolute Gasteiger partial charge is 0.760 e. The molecule has 0 aliphatic heterocycles. The molecule has 0 bridgehead atoms. The first-order chi connectivity index (χ1) is 10.1. The van der Waals surface area contributed by atoms with E-state index >= 15 is 0 Å². The molecule has 2 N–H and O–H groups in total. The highest BCUT2D eigenvalue weighted by molar-refractivity contribution is 7.77. The van der Waals surface area contributed by atoms with Crippen LogP contribution in [0.4, 0.5) is 0 Å². The van der Waals surface area contributed by atoms with Crippen molar-refractivity contribution in [2.75, 3.05) is 13.2 Å². The summed E-state index contributed by atoms with van der Waals surface area (Å²) in [5, 5.41) is 2.91. The van der Waals surface area contributed by atoms with Gasteiger partial charge in [0.15, 0.2) is 0 Å². The van der Waals surface area contributed by atoms with Crippen LogP contribution < -0.4 is 10.0 Å². The molecule has 2 unspecified atom stereocenters. The second kappa shape index (κ2) is 9.28. The van der Waals surface area contributed by atoms with Crippen LogP contribution in [0.3, 0.4) is 0 Å². The van der Waals surface area contributed by atoms with Crippen molar-refractivity contribution in [1.29, 1.82) is 0 Å². The van der Waals surface area contributed by atoms with E-state index in [0.717, 1.165) is 0 Å². The van der Waals surface area contributed by atoms with Crippen molar-refractivity contribution < 1.29 is 18.3 Å².